The number of nitrogens with zero attached hydrogens (tertiary/aromatic N) is 1. The van der Waals surface area contributed by atoms with Crippen molar-refractivity contribution in [1.29, 1.82) is 0 Å². The number of methoxy groups -OCH3 is 3. The molecule has 1 saturated heterocycles. The van der Waals surface area contributed by atoms with Crippen molar-refractivity contribution in [1.82, 2.24) is 4.90 Å². The molecule has 69 heavy (non-hydrogen) atoms. The number of cyclic esters (lactones) is 1. The van der Waals surface area contributed by atoms with E-state index in [1.54, 1.807) is 26.2 Å². The number of ketones is 1. The van der Waals surface area contributed by atoms with Crippen LogP contribution in [0.3, 0.4) is 0 Å². The Bertz CT molecular complexity index is 1840. The minimum Gasteiger partial charge on any atom is -0.489 e. The number of hydrogen-bond acceptors (Lipinski definition) is 10. The lowest BCUT2D eigenvalue weighted by Gasteiger charge is -2.44. The number of allylic oxidation sites excluding steroid dienone is 4. The summed E-state index contributed by atoms with van der Waals surface area (Å²) in [6.45, 7) is 37.4. The van der Waals surface area contributed by atoms with Crippen LogP contribution in [-0.4, -0.2) is 116 Å². The lowest BCUT2D eigenvalue weighted by Crippen LogP contribution is -2.52. The highest BCUT2D eigenvalue weighted by Crippen LogP contribution is 2.43. The summed E-state index contributed by atoms with van der Waals surface area (Å²) >= 11 is 0. The number of Topliss-reactive ketones (excluding diaryl/α,β-unsaturated/α-hetero) is 1. The fraction of sp³-hybridized carbons (Fsp3) is 0.804. The maximum atomic E-state index is 15.0. The summed E-state index contributed by atoms with van der Waals surface area (Å²) in [6.07, 6.45) is 11.3. The maximum absolute atomic E-state index is 15.0. The number of esters is 1. The second kappa shape index (κ2) is 25.0. The van der Waals surface area contributed by atoms with Crippen LogP contribution in [-0.2, 0) is 46.9 Å². The predicted octanol–water partition coefficient (Wildman–Crippen LogP) is 12.5. The van der Waals surface area contributed by atoms with Gasteiger partial charge < -0.3 is 37.4 Å². The number of carbonyl (C=O) groups excluding carboxylic acids is 3. The van der Waals surface area contributed by atoms with E-state index in [0.717, 1.165) is 55.2 Å². The smallest absolute Gasteiger partial charge is 0.329 e. The SMILES string of the molecule is C=CC[C@@H]1/C=C(\C)C[C@H](C)C[C@H](OC)[C@H]2OC(=C(C)C[C@@H]2OC)CC(=O)N2CCCC[C@H]2C(=O)O[C@H](/C(C)=C/[C@@H]2CC[C@@H](O[Si](C)(C)C(C)(C)C)[C@H](OC)C2)[C@H](C)[C@@H](O[Si](C)(C)C(C)(C)C)CC1=O. The second-order valence-corrected chi connectivity index (χ2v) is 34.0. The molecule has 3 heterocycles. The summed E-state index contributed by atoms with van der Waals surface area (Å²) in [6, 6.07) is -0.769. The molecule has 0 N–H and O–H groups in total. The lowest BCUT2D eigenvalue weighted by atomic mass is 9.81. The molecule has 12 atom stereocenters. The Morgan fingerprint density at radius 3 is 1.97 bits per heavy atom. The average molecular weight is 1000 g/mol. The Labute approximate surface area is 421 Å². The molecular formula is C56H97NO10Si2. The largest absolute Gasteiger partial charge is 0.489 e. The highest BCUT2D eigenvalue weighted by molar-refractivity contribution is 6.74. The van der Waals surface area contributed by atoms with Crippen LogP contribution in [0.25, 0.3) is 0 Å². The molecule has 0 aromatic carbocycles. The highest BCUT2D eigenvalue weighted by atomic mass is 28.4. The van der Waals surface area contributed by atoms with Gasteiger partial charge in [-0.3, -0.25) is 9.59 Å². The first-order chi connectivity index (χ1) is 32.1. The van der Waals surface area contributed by atoms with E-state index in [1.807, 2.05) is 13.0 Å². The van der Waals surface area contributed by atoms with Gasteiger partial charge in [-0.1, -0.05) is 79.2 Å². The van der Waals surface area contributed by atoms with Crippen LogP contribution >= 0.6 is 0 Å². The maximum Gasteiger partial charge on any atom is 0.329 e. The van der Waals surface area contributed by atoms with Crippen LogP contribution in [0.2, 0.25) is 36.3 Å². The van der Waals surface area contributed by atoms with E-state index >= 15 is 4.79 Å². The molecule has 2 bridgehead atoms. The van der Waals surface area contributed by atoms with Gasteiger partial charge in [-0.15, -0.1) is 6.58 Å². The fourth-order valence-electron chi connectivity index (χ4n) is 10.5. The van der Waals surface area contributed by atoms with Gasteiger partial charge in [0.2, 0.25) is 5.91 Å². The van der Waals surface area contributed by atoms with E-state index in [1.165, 1.54) is 0 Å². The zero-order valence-corrected chi connectivity index (χ0v) is 48.6. The van der Waals surface area contributed by atoms with Crippen LogP contribution in [0.5, 0.6) is 0 Å². The molecule has 394 valence electrons. The molecule has 4 aliphatic rings. The number of piperidine rings is 1. The summed E-state index contributed by atoms with van der Waals surface area (Å²) in [5.74, 6) is -0.357. The van der Waals surface area contributed by atoms with Gasteiger partial charge in [0.05, 0.1) is 30.8 Å². The van der Waals surface area contributed by atoms with Gasteiger partial charge in [-0.2, -0.15) is 0 Å². The number of carbonyl (C=O) groups is 3. The molecule has 0 spiro atoms. The lowest BCUT2D eigenvalue weighted by molar-refractivity contribution is -0.163. The van der Waals surface area contributed by atoms with E-state index in [9.17, 15) is 9.59 Å². The molecule has 0 radical (unpaired) electrons. The first-order valence-electron chi connectivity index (χ1n) is 26.4. The molecule has 0 unspecified atom stereocenters. The number of fused-ring (bicyclic) bond motifs is 3. The summed E-state index contributed by atoms with van der Waals surface area (Å²) < 4.78 is 46.2. The molecule has 0 aromatic rings. The van der Waals surface area contributed by atoms with Crippen molar-refractivity contribution in [3.8, 4) is 0 Å². The average Bonchev–Trinajstić information content (AvgIpc) is 3.26. The van der Waals surface area contributed by atoms with E-state index in [-0.39, 0.29) is 70.9 Å². The summed E-state index contributed by atoms with van der Waals surface area (Å²) in [5.41, 5.74) is 2.99. The first-order valence-corrected chi connectivity index (χ1v) is 32.2. The normalized spacial score (nSPS) is 33.7. The quantitative estimate of drug-likeness (QED) is 0.112. The van der Waals surface area contributed by atoms with Crippen LogP contribution in [0.15, 0.2) is 47.3 Å². The van der Waals surface area contributed by atoms with Crippen molar-refractivity contribution in [2.24, 2.45) is 23.7 Å². The summed E-state index contributed by atoms with van der Waals surface area (Å²) in [4.78, 5) is 46.2. The molecule has 11 nitrogen and oxygen atoms in total. The van der Waals surface area contributed by atoms with Crippen LogP contribution in [0, 0.1) is 23.7 Å². The van der Waals surface area contributed by atoms with Crippen molar-refractivity contribution < 1.29 is 46.9 Å². The molecule has 2 fully saturated rings. The third kappa shape index (κ3) is 15.6. The number of amides is 1. The molecular weight excluding hydrogens is 903 g/mol. The van der Waals surface area contributed by atoms with Gasteiger partial charge in [0.25, 0.3) is 0 Å². The first kappa shape index (κ1) is 59.2. The number of rotatable bonds is 11. The summed E-state index contributed by atoms with van der Waals surface area (Å²) in [5, 5.41) is -0.0730. The minimum absolute atomic E-state index is 0.00616. The van der Waals surface area contributed by atoms with Crippen molar-refractivity contribution in [3.05, 3.63) is 47.3 Å². The van der Waals surface area contributed by atoms with Crippen molar-refractivity contribution in [3.63, 3.8) is 0 Å². The number of hydrogen-bond donors (Lipinski definition) is 0. The zero-order chi connectivity index (χ0) is 51.8. The number of ether oxygens (including phenoxy) is 5. The van der Waals surface area contributed by atoms with Gasteiger partial charge in [-0.25, -0.2) is 4.79 Å². The van der Waals surface area contributed by atoms with Gasteiger partial charge in [0.1, 0.15) is 29.8 Å². The van der Waals surface area contributed by atoms with E-state index in [2.05, 4.69) is 114 Å². The monoisotopic (exact) mass is 1000 g/mol. The van der Waals surface area contributed by atoms with Gasteiger partial charge in [0, 0.05) is 52.6 Å². The predicted molar refractivity (Wildman–Crippen MR) is 283 cm³/mol. The Morgan fingerprint density at radius 2 is 1.39 bits per heavy atom. The van der Waals surface area contributed by atoms with Gasteiger partial charge in [-0.05, 0) is 138 Å². The third-order valence-corrected chi connectivity index (χ3v) is 25.9. The molecule has 13 heteroatoms. The zero-order valence-electron chi connectivity index (χ0n) is 46.6. The Balaban J connectivity index is 1.85. The topological polar surface area (TPSA) is 119 Å². The Morgan fingerprint density at radius 1 is 0.783 bits per heavy atom. The standard InChI is InChI=1S/C56H97NO10Si2/c1-20-23-42-29-36(2)28-37(3)30-49(62-14)53-50(63-15)32-38(4)46(64-53)35-51(59)57-27-22-21-24-43(57)54(60)65-52(40(6)47(34-44(42)58)67-69(18,19)56(10,11)12)39(5)31-41-25-26-45(48(33-41)61-13)66-68(16,17)55(7,8)9/h20,29,31,37,40-43,45,47-50,52-53H,1,21-28,30,32-35H2,2-19H3/b36-29+,39-31+/t37-,40+,41-,42+,43-,45+,47-,48+,49-,50-,52+,53+/m0/s1. The fourth-order valence-corrected chi connectivity index (χ4v) is 13.3. The van der Waals surface area contributed by atoms with Crippen LogP contribution in [0.4, 0.5) is 0 Å². The molecule has 0 aromatic heterocycles. The molecule has 1 saturated carbocycles. The molecule has 1 amide bonds. The van der Waals surface area contributed by atoms with E-state index in [0.29, 0.717) is 38.0 Å². The van der Waals surface area contributed by atoms with Crippen LogP contribution in [0.1, 0.15) is 153 Å². The van der Waals surface area contributed by atoms with Crippen LogP contribution < -0.4 is 0 Å². The van der Waals surface area contributed by atoms with E-state index < -0.39 is 58.8 Å². The van der Waals surface area contributed by atoms with E-state index in [4.69, 9.17) is 32.5 Å². The molecule has 4 rings (SSSR count). The third-order valence-electron chi connectivity index (χ3n) is 16.9. The molecule has 3 aliphatic heterocycles. The van der Waals surface area contributed by atoms with Gasteiger partial charge >= 0.3 is 5.97 Å². The minimum atomic E-state index is -2.49. The molecule has 1 aliphatic carbocycles. The Hall–Kier alpha value is -2.40. The summed E-state index contributed by atoms with van der Waals surface area (Å²) in [7, 11) is 0.639. The second-order valence-electron chi connectivity index (χ2n) is 24.5. The highest BCUT2D eigenvalue weighted by Gasteiger charge is 2.46. The Kier molecular flexibility index (Phi) is 21.5. The van der Waals surface area contributed by atoms with Crippen molar-refractivity contribution in [2.75, 3.05) is 27.9 Å². The van der Waals surface area contributed by atoms with Gasteiger partial charge in [0.15, 0.2) is 22.7 Å². The van der Waals surface area contributed by atoms with Crippen molar-refractivity contribution in [2.45, 2.75) is 238 Å². The van der Waals surface area contributed by atoms with Crippen molar-refractivity contribution >= 4 is 34.3 Å².